The van der Waals surface area contributed by atoms with E-state index < -0.39 is 26.3 Å². The van der Waals surface area contributed by atoms with Crippen LogP contribution in [0, 0.1) is 10.1 Å². The highest BCUT2D eigenvalue weighted by molar-refractivity contribution is 7.89. The maximum Gasteiger partial charge on any atom is 0.336 e. The molecule has 1 aliphatic heterocycles. The number of benzene rings is 2. The van der Waals surface area contributed by atoms with E-state index in [2.05, 4.69) is 0 Å². The van der Waals surface area contributed by atoms with Crippen molar-refractivity contribution in [2.24, 2.45) is 0 Å². The fourth-order valence-electron chi connectivity index (χ4n) is 3.76. The molecule has 0 N–H and O–H groups in total. The Morgan fingerprint density at radius 2 is 1.82 bits per heavy atom. The highest BCUT2D eigenvalue weighted by Gasteiger charge is 2.30. The minimum Gasteiger partial charge on any atom is -0.450 e. The van der Waals surface area contributed by atoms with Crippen LogP contribution < -0.4 is 10.4 Å². The lowest BCUT2D eigenvalue weighted by Crippen LogP contribution is -2.47. The number of nitro benzene ring substituents is 1. The Balaban J connectivity index is 1.68. The molecule has 11 heteroatoms. The molecule has 33 heavy (non-hydrogen) atoms. The Labute approximate surface area is 190 Å². The number of rotatable bonds is 6. The second kappa shape index (κ2) is 8.93. The fraction of sp³-hybridized carbons (Fsp3) is 0.318. The first-order valence-electron chi connectivity index (χ1n) is 10.4. The van der Waals surface area contributed by atoms with Crippen LogP contribution >= 0.6 is 0 Å². The smallest absolute Gasteiger partial charge is 0.336 e. The zero-order valence-electron chi connectivity index (χ0n) is 18.2. The number of likely N-dealkylation sites (N-methyl/N-ethyl adjacent to an activating group) is 1. The largest absolute Gasteiger partial charge is 0.450 e. The van der Waals surface area contributed by atoms with Gasteiger partial charge in [-0.1, -0.05) is 6.92 Å². The van der Waals surface area contributed by atoms with Crippen LogP contribution in [0.4, 0.5) is 5.69 Å². The number of fused-ring (bicyclic) bond motifs is 1. The molecule has 0 radical (unpaired) electrons. The zero-order valence-corrected chi connectivity index (χ0v) is 19.0. The molecule has 0 amide bonds. The second-order valence-corrected chi connectivity index (χ2v) is 9.74. The third kappa shape index (κ3) is 4.61. The van der Waals surface area contributed by atoms with Crippen molar-refractivity contribution in [3.05, 3.63) is 68.6 Å². The molecule has 0 aliphatic carbocycles. The van der Waals surface area contributed by atoms with E-state index >= 15 is 0 Å². The lowest BCUT2D eigenvalue weighted by molar-refractivity contribution is -0.385. The maximum absolute atomic E-state index is 13.0. The number of nitrogens with zero attached hydrogens (tertiary/aromatic N) is 3. The summed E-state index contributed by atoms with van der Waals surface area (Å²) in [7, 11) is -1.97. The molecule has 2 heterocycles. The number of hydrogen-bond acceptors (Lipinski definition) is 8. The van der Waals surface area contributed by atoms with Gasteiger partial charge in [0.2, 0.25) is 15.8 Å². The zero-order chi connectivity index (χ0) is 23.8. The van der Waals surface area contributed by atoms with E-state index in [4.69, 9.17) is 9.15 Å². The van der Waals surface area contributed by atoms with Gasteiger partial charge in [-0.2, -0.15) is 4.31 Å². The lowest BCUT2D eigenvalue weighted by atomic mass is 10.1. The van der Waals surface area contributed by atoms with Crippen molar-refractivity contribution in [3.63, 3.8) is 0 Å². The SMILES string of the molecule is CCc1cc(=O)oc2cc(Oc3ccc(S(=O)(=O)N4CCN(C)CC4)cc3[N+](=O)[O-])ccc12. The molecule has 0 unspecified atom stereocenters. The van der Waals surface area contributed by atoms with Gasteiger partial charge in [0.1, 0.15) is 11.3 Å². The first-order valence-corrected chi connectivity index (χ1v) is 11.8. The van der Waals surface area contributed by atoms with Crippen molar-refractivity contribution in [2.45, 2.75) is 18.2 Å². The average Bonchev–Trinajstić information content (AvgIpc) is 2.78. The van der Waals surface area contributed by atoms with Crippen LogP contribution in [0.2, 0.25) is 0 Å². The van der Waals surface area contributed by atoms with Crippen LogP contribution in [0.3, 0.4) is 0 Å². The molecule has 0 bridgehead atoms. The molecule has 3 aromatic rings. The summed E-state index contributed by atoms with van der Waals surface area (Å²) in [6.07, 6.45) is 0.636. The van der Waals surface area contributed by atoms with Gasteiger partial charge in [-0.15, -0.1) is 0 Å². The molecule has 0 atom stereocenters. The van der Waals surface area contributed by atoms with Crippen molar-refractivity contribution in [2.75, 3.05) is 33.2 Å². The summed E-state index contributed by atoms with van der Waals surface area (Å²) in [6.45, 7) is 3.71. The van der Waals surface area contributed by atoms with Gasteiger partial charge < -0.3 is 14.1 Å². The summed E-state index contributed by atoms with van der Waals surface area (Å²) < 4.78 is 38.2. The van der Waals surface area contributed by atoms with Gasteiger partial charge in [0.15, 0.2) is 0 Å². The molecule has 174 valence electrons. The fourth-order valence-corrected chi connectivity index (χ4v) is 5.20. The summed E-state index contributed by atoms with van der Waals surface area (Å²) in [5.41, 5.74) is 0.140. The molecule has 0 spiro atoms. The van der Waals surface area contributed by atoms with Gasteiger partial charge in [-0.05, 0) is 43.3 Å². The van der Waals surface area contributed by atoms with E-state index in [9.17, 15) is 23.3 Å². The van der Waals surface area contributed by atoms with Gasteiger partial charge >= 0.3 is 11.3 Å². The summed E-state index contributed by atoms with van der Waals surface area (Å²) >= 11 is 0. The molecule has 1 saturated heterocycles. The van der Waals surface area contributed by atoms with E-state index in [1.165, 1.54) is 28.6 Å². The van der Waals surface area contributed by atoms with Gasteiger partial charge in [0.05, 0.1) is 9.82 Å². The number of ether oxygens (including phenoxy) is 1. The Bertz CT molecular complexity index is 1380. The van der Waals surface area contributed by atoms with Gasteiger partial charge in [0.25, 0.3) is 0 Å². The van der Waals surface area contributed by atoms with Gasteiger partial charge in [-0.3, -0.25) is 10.1 Å². The molecule has 1 aromatic heterocycles. The Morgan fingerprint density at radius 1 is 1.09 bits per heavy atom. The van der Waals surface area contributed by atoms with Crippen molar-refractivity contribution >= 4 is 26.7 Å². The Hall–Kier alpha value is -3.28. The van der Waals surface area contributed by atoms with Crippen LogP contribution in [-0.2, 0) is 16.4 Å². The van der Waals surface area contributed by atoms with E-state index in [-0.39, 0.29) is 16.4 Å². The van der Waals surface area contributed by atoms with Crippen molar-refractivity contribution in [3.8, 4) is 11.5 Å². The molecule has 0 saturated carbocycles. The first kappa shape index (κ1) is 22.9. The molecular weight excluding hydrogens is 450 g/mol. The van der Waals surface area contributed by atoms with E-state index in [0.717, 1.165) is 17.0 Å². The number of hydrogen-bond donors (Lipinski definition) is 0. The summed E-state index contributed by atoms with van der Waals surface area (Å²) in [6, 6.07) is 9.81. The molecule has 4 rings (SSSR count). The summed E-state index contributed by atoms with van der Waals surface area (Å²) in [5.74, 6) is 0.0994. The quantitative estimate of drug-likeness (QED) is 0.304. The molecule has 1 fully saturated rings. The third-order valence-corrected chi connectivity index (χ3v) is 7.53. The number of piperazine rings is 1. The first-order chi connectivity index (χ1) is 15.7. The predicted octanol–water partition coefficient (Wildman–Crippen LogP) is 2.99. The third-order valence-electron chi connectivity index (χ3n) is 5.64. The number of sulfonamides is 1. The number of nitro groups is 1. The highest BCUT2D eigenvalue weighted by Crippen LogP contribution is 2.35. The molecule has 1 aliphatic rings. The Morgan fingerprint density at radius 3 is 2.48 bits per heavy atom. The van der Waals surface area contributed by atoms with Crippen LogP contribution in [0.15, 0.2) is 56.6 Å². The van der Waals surface area contributed by atoms with E-state index in [1.807, 2.05) is 18.9 Å². The van der Waals surface area contributed by atoms with Crippen molar-refractivity contribution in [1.29, 1.82) is 0 Å². The van der Waals surface area contributed by atoms with Gasteiger partial charge in [0, 0.05) is 49.8 Å². The predicted molar refractivity (Wildman–Crippen MR) is 121 cm³/mol. The molecule has 2 aromatic carbocycles. The van der Waals surface area contributed by atoms with Crippen LogP contribution in [0.1, 0.15) is 12.5 Å². The monoisotopic (exact) mass is 473 g/mol. The molecule has 10 nitrogen and oxygen atoms in total. The minimum atomic E-state index is -3.88. The van der Waals surface area contributed by atoms with Gasteiger partial charge in [-0.25, -0.2) is 13.2 Å². The summed E-state index contributed by atoms with van der Waals surface area (Å²) in [4.78, 5) is 24.7. The highest BCUT2D eigenvalue weighted by atomic mass is 32.2. The van der Waals surface area contributed by atoms with E-state index in [0.29, 0.717) is 38.2 Å². The van der Waals surface area contributed by atoms with E-state index in [1.54, 1.807) is 12.1 Å². The second-order valence-electron chi connectivity index (χ2n) is 7.80. The summed E-state index contributed by atoms with van der Waals surface area (Å²) in [5, 5.41) is 12.4. The van der Waals surface area contributed by atoms with Crippen molar-refractivity contribution < 1.29 is 22.5 Å². The van der Waals surface area contributed by atoms with Crippen LogP contribution in [0.5, 0.6) is 11.5 Å². The Kier molecular flexibility index (Phi) is 6.19. The normalized spacial score (nSPS) is 15.6. The topological polar surface area (TPSA) is 123 Å². The lowest BCUT2D eigenvalue weighted by Gasteiger charge is -2.31. The van der Waals surface area contributed by atoms with Crippen molar-refractivity contribution in [1.82, 2.24) is 9.21 Å². The van der Waals surface area contributed by atoms with Crippen LogP contribution in [0.25, 0.3) is 11.0 Å². The molecular formula is C22H23N3O7S. The average molecular weight is 474 g/mol. The number of aryl methyl sites for hydroxylation is 1. The van der Waals surface area contributed by atoms with Crippen LogP contribution in [-0.4, -0.2) is 55.8 Å². The maximum atomic E-state index is 13.0. The standard InChI is InChI=1S/C22H23N3O7S/c1-3-15-12-22(26)32-21-13-16(4-6-18(15)21)31-20-7-5-17(14-19(20)25(27)28)33(29,30)24-10-8-23(2)9-11-24/h4-7,12-14H,3,8-11H2,1-2H3. The minimum absolute atomic E-state index is 0.120.